The summed E-state index contributed by atoms with van der Waals surface area (Å²) in [6, 6.07) is 5.46. The van der Waals surface area contributed by atoms with Crippen LogP contribution in [-0.2, 0) is 0 Å². The van der Waals surface area contributed by atoms with E-state index in [4.69, 9.17) is 5.84 Å². The molecule has 1 unspecified atom stereocenters. The summed E-state index contributed by atoms with van der Waals surface area (Å²) in [5.41, 5.74) is 2.92. The van der Waals surface area contributed by atoms with Crippen LogP contribution in [0.5, 0.6) is 0 Å². The van der Waals surface area contributed by atoms with E-state index in [-0.39, 0.29) is 11.1 Å². The number of hydrogen-bond donors (Lipinski definition) is 2. The molecule has 0 amide bonds. The fraction of sp³-hybridized carbons (Fsp3) is 0.0833. The van der Waals surface area contributed by atoms with Crippen LogP contribution in [0.25, 0.3) is 0 Å². The highest BCUT2D eigenvalue weighted by molar-refractivity contribution is 9.10. The summed E-state index contributed by atoms with van der Waals surface area (Å²) in [4.78, 5) is 3.65. The predicted molar refractivity (Wildman–Crippen MR) is 67.5 cm³/mol. The van der Waals surface area contributed by atoms with Gasteiger partial charge in [0.05, 0.1) is 16.7 Å². The van der Waals surface area contributed by atoms with Crippen molar-refractivity contribution in [1.82, 2.24) is 10.4 Å². The zero-order valence-electron chi connectivity index (χ0n) is 9.20. The maximum absolute atomic E-state index is 14.0. The summed E-state index contributed by atoms with van der Waals surface area (Å²) >= 11 is 3.08. The van der Waals surface area contributed by atoms with Crippen molar-refractivity contribution in [1.29, 1.82) is 0 Å². The van der Waals surface area contributed by atoms with Gasteiger partial charge in [-0.15, -0.1) is 0 Å². The lowest BCUT2D eigenvalue weighted by molar-refractivity contribution is 0.526. The van der Waals surface area contributed by atoms with Crippen LogP contribution in [0.15, 0.2) is 41.1 Å². The van der Waals surface area contributed by atoms with Gasteiger partial charge in [0.2, 0.25) is 0 Å². The third-order valence-electron chi connectivity index (χ3n) is 2.57. The Hall–Kier alpha value is -1.37. The van der Waals surface area contributed by atoms with Gasteiger partial charge >= 0.3 is 0 Å². The van der Waals surface area contributed by atoms with Crippen molar-refractivity contribution in [3.63, 3.8) is 0 Å². The molecule has 94 valence electrons. The molecule has 1 aromatic carbocycles. The van der Waals surface area contributed by atoms with Crippen molar-refractivity contribution in [2.75, 3.05) is 0 Å². The third-order valence-corrected chi connectivity index (χ3v) is 3.19. The number of halogens is 3. The highest BCUT2D eigenvalue weighted by atomic mass is 79.9. The van der Waals surface area contributed by atoms with Crippen LogP contribution >= 0.6 is 15.9 Å². The third kappa shape index (κ3) is 2.40. The molecule has 0 spiro atoms. The quantitative estimate of drug-likeness (QED) is 0.676. The average Bonchev–Trinajstić information content (AvgIpc) is 2.37. The number of rotatable bonds is 3. The highest BCUT2D eigenvalue weighted by Crippen LogP contribution is 2.28. The first-order valence-corrected chi connectivity index (χ1v) is 5.94. The smallest absolute Gasteiger partial charge is 0.146 e. The molecular weight excluding hydrogens is 304 g/mol. The van der Waals surface area contributed by atoms with Crippen LogP contribution in [0.3, 0.4) is 0 Å². The van der Waals surface area contributed by atoms with Crippen molar-refractivity contribution in [2.45, 2.75) is 6.04 Å². The van der Waals surface area contributed by atoms with E-state index >= 15 is 0 Å². The number of benzene rings is 1. The van der Waals surface area contributed by atoms with Crippen molar-refractivity contribution in [2.24, 2.45) is 5.84 Å². The van der Waals surface area contributed by atoms with Gasteiger partial charge in [-0.05, 0) is 28.1 Å². The SMILES string of the molecule is NNC(c1ccncc1F)c1cccc(Br)c1F. The predicted octanol–water partition coefficient (Wildman–Crippen LogP) is 2.68. The van der Waals surface area contributed by atoms with Crippen LogP contribution in [-0.4, -0.2) is 4.98 Å². The van der Waals surface area contributed by atoms with Gasteiger partial charge in [-0.3, -0.25) is 10.8 Å². The molecule has 0 saturated heterocycles. The second-order valence-electron chi connectivity index (χ2n) is 3.64. The Morgan fingerprint density at radius 2 is 2.00 bits per heavy atom. The zero-order valence-corrected chi connectivity index (χ0v) is 10.8. The number of hydrazine groups is 1. The summed E-state index contributed by atoms with van der Waals surface area (Å²) in [7, 11) is 0. The normalized spacial score (nSPS) is 12.4. The summed E-state index contributed by atoms with van der Waals surface area (Å²) in [5.74, 6) is 4.39. The van der Waals surface area contributed by atoms with Crippen LogP contribution in [0.2, 0.25) is 0 Å². The highest BCUT2D eigenvalue weighted by Gasteiger charge is 2.20. The maximum atomic E-state index is 14.0. The Bertz CT molecular complexity index is 563. The molecule has 2 rings (SSSR count). The number of hydrogen-bond acceptors (Lipinski definition) is 3. The van der Waals surface area contributed by atoms with Gasteiger partial charge in [-0.2, -0.15) is 0 Å². The van der Waals surface area contributed by atoms with Crippen LogP contribution in [0.4, 0.5) is 8.78 Å². The van der Waals surface area contributed by atoms with Gasteiger partial charge in [0, 0.05) is 17.3 Å². The second kappa shape index (κ2) is 5.51. The molecule has 1 aromatic heterocycles. The molecule has 1 heterocycles. The first-order chi connectivity index (χ1) is 8.65. The van der Waals surface area contributed by atoms with Crippen molar-refractivity contribution >= 4 is 15.9 Å². The van der Waals surface area contributed by atoms with E-state index in [0.717, 1.165) is 6.20 Å². The molecule has 0 fully saturated rings. The summed E-state index contributed by atoms with van der Waals surface area (Å²) < 4.78 is 27.9. The minimum atomic E-state index is -0.773. The molecule has 0 aliphatic heterocycles. The number of nitrogens with one attached hydrogen (secondary N) is 1. The van der Waals surface area contributed by atoms with E-state index in [2.05, 4.69) is 26.3 Å². The minimum Gasteiger partial charge on any atom is -0.271 e. The lowest BCUT2D eigenvalue weighted by atomic mass is 9.99. The molecule has 0 saturated carbocycles. The molecule has 3 N–H and O–H groups in total. The maximum Gasteiger partial charge on any atom is 0.146 e. The monoisotopic (exact) mass is 313 g/mol. The molecule has 3 nitrogen and oxygen atoms in total. The van der Waals surface area contributed by atoms with Gasteiger partial charge in [0.25, 0.3) is 0 Å². The number of nitrogens with zero attached hydrogens (tertiary/aromatic N) is 1. The molecule has 0 aliphatic rings. The van der Waals surface area contributed by atoms with Gasteiger partial charge in [0.1, 0.15) is 11.6 Å². The Morgan fingerprint density at radius 3 is 2.67 bits per heavy atom. The number of nitrogens with two attached hydrogens (primary N) is 1. The Morgan fingerprint density at radius 1 is 1.22 bits per heavy atom. The standard InChI is InChI=1S/C12H10BrF2N3/c13-9-3-1-2-8(11(9)15)12(18-16)7-4-5-17-6-10(7)14/h1-6,12,18H,16H2. The molecular formula is C12H10BrF2N3. The van der Waals surface area contributed by atoms with Gasteiger partial charge in [-0.25, -0.2) is 14.2 Å². The first-order valence-electron chi connectivity index (χ1n) is 5.14. The molecule has 6 heteroatoms. The van der Waals surface area contributed by atoms with Crippen LogP contribution in [0, 0.1) is 11.6 Å². The number of pyridine rings is 1. The Balaban J connectivity index is 2.53. The fourth-order valence-electron chi connectivity index (χ4n) is 1.71. The fourth-order valence-corrected chi connectivity index (χ4v) is 2.09. The minimum absolute atomic E-state index is 0.240. The lowest BCUT2D eigenvalue weighted by Gasteiger charge is -2.18. The van der Waals surface area contributed by atoms with E-state index in [1.165, 1.54) is 12.3 Å². The second-order valence-corrected chi connectivity index (χ2v) is 4.49. The van der Waals surface area contributed by atoms with Gasteiger partial charge in [0.15, 0.2) is 0 Å². The van der Waals surface area contributed by atoms with E-state index in [0.29, 0.717) is 4.47 Å². The molecule has 0 bridgehead atoms. The summed E-state index contributed by atoms with van der Waals surface area (Å²) in [6.07, 6.45) is 2.49. The molecule has 2 aromatic rings. The van der Waals surface area contributed by atoms with Gasteiger partial charge in [-0.1, -0.05) is 12.1 Å². The molecule has 0 radical (unpaired) electrons. The van der Waals surface area contributed by atoms with Crippen molar-refractivity contribution < 1.29 is 8.78 Å². The zero-order chi connectivity index (χ0) is 13.1. The first kappa shape index (κ1) is 13.1. The molecule has 18 heavy (non-hydrogen) atoms. The Kier molecular flexibility index (Phi) is 4.00. The number of aromatic nitrogens is 1. The topological polar surface area (TPSA) is 50.9 Å². The molecule has 0 aliphatic carbocycles. The largest absolute Gasteiger partial charge is 0.271 e. The van der Waals surface area contributed by atoms with Crippen molar-refractivity contribution in [3.8, 4) is 0 Å². The average molecular weight is 314 g/mol. The Labute approximate surface area is 111 Å². The van der Waals surface area contributed by atoms with Gasteiger partial charge < -0.3 is 0 Å². The summed E-state index contributed by atoms with van der Waals surface area (Å²) in [5, 5.41) is 0. The summed E-state index contributed by atoms with van der Waals surface area (Å²) in [6.45, 7) is 0. The van der Waals surface area contributed by atoms with Crippen LogP contribution in [0.1, 0.15) is 17.2 Å². The lowest BCUT2D eigenvalue weighted by Crippen LogP contribution is -2.30. The van der Waals surface area contributed by atoms with E-state index < -0.39 is 17.7 Å². The van der Waals surface area contributed by atoms with Crippen molar-refractivity contribution in [3.05, 3.63) is 63.9 Å². The van der Waals surface area contributed by atoms with Crippen LogP contribution < -0.4 is 11.3 Å². The molecule has 1 atom stereocenters. The van der Waals surface area contributed by atoms with E-state index in [9.17, 15) is 8.78 Å². The van der Waals surface area contributed by atoms with E-state index in [1.807, 2.05) is 0 Å². The van der Waals surface area contributed by atoms with E-state index in [1.54, 1.807) is 18.2 Å².